The Morgan fingerprint density at radius 3 is 2.69 bits per heavy atom. The Morgan fingerprint density at radius 1 is 1.54 bits per heavy atom. The van der Waals surface area contributed by atoms with Crippen molar-refractivity contribution in [3.05, 3.63) is 0 Å². The SMILES string of the molecule is CC(CN)CNC(=O)N1CCCC1. The molecule has 2 amide bonds. The maximum atomic E-state index is 11.4. The number of carbonyl (C=O) groups is 1. The minimum atomic E-state index is 0.0674. The van der Waals surface area contributed by atoms with Crippen LogP contribution in [0.1, 0.15) is 19.8 Å². The van der Waals surface area contributed by atoms with E-state index in [1.54, 1.807) is 0 Å². The first-order chi connectivity index (χ1) is 6.24. The Morgan fingerprint density at radius 2 is 2.15 bits per heavy atom. The number of urea groups is 1. The molecule has 0 bridgehead atoms. The average Bonchev–Trinajstić information content (AvgIpc) is 2.66. The molecule has 1 atom stereocenters. The van der Waals surface area contributed by atoms with Crippen molar-refractivity contribution in [1.82, 2.24) is 10.2 Å². The van der Waals surface area contributed by atoms with E-state index in [0.717, 1.165) is 25.9 Å². The third-order valence-electron chi connectivity index (χ3n) is 2.40. The lowest BCUT2D eigenvalue weighted by molar-refractivity contribution is 0.207. The fourth-order valence-corrected chi connectivity index (χ4v) is 1.38. The molecular formula is C9H19N3O. The summed E-state index contributed by atoms with van der Waals surface area (Å²) in [7, 11) is 0. The van der Waals surface area contributed by atoms with E-state index in [4.69, 9.17) is 5.73 Å². The summed E-state index contributed by atoms with van der Waals surface area (Å²) < 4.78 is 0. The van der Waals surface area contributed by atoms with E-state index < -0.39 is 0 Å². The van der Waals surface area contributed by atoms with Gasteiger partial charge in [0.05, 0.1) is 0 Å². The largest absolute Gasteiger partial charge is 0.338 e. The van der Waals surface area contributed by atoms with Crippen molar-refractivity contribution in [1.29, 1.82) is 0 Å². The number of hydrogen-bond acceptors (Lipinski definition) is 2. The second kappa shape index (κ2) is 5.07. The molecular weight excluding hydrogens is 166 g/mol. The van der Waals surface area contributed by atoms with Crippen LogP contribution in [0.25, 0.3) is 0 Å². The van der Waals surface area contributed by atoms with Gasteiger partial charge in [-0.25, -0.2) is 4.79 Å². The predicted molar refractivity (Wildman–Crippen MR) is 52.4 cm³/mol. The number of nitrogens with two attached hydrogens (primary N) is 1. The molecule has 1 saturated heterocycles. The molecule has 1 aliphatic heterocycles. The highest BCUT2D eigenvalue weighted by atomic mass is 16.2. The molecule has 1 heterocycles. The summed E-state index contributed by atoms with van der Waals surface area (Å²) in [6, 6.07) is 0.0674. The highest BCUT2D eigenvalue weighted by Gasteiger charge is 2.17. The van der Waals surface area contributed by atoms with Gasteiger partial charge in [0, 0.05) is 19.6 Å². The summed E-state index contributed by atoms with van der Waals surface area (Å²) in [5.41, 5.74) is 5.45. The normalized spacial score (nSPS) is 18.8. The lowest BCUT2D eigenvalue weighted by Crippen LogP contribution is -2.40. The second-order valence-corrected chi connectivity index (χ2v) is 3.72. The van der Waals surface area contributed by atoms with Gasteiger partial charge in [0.25, 0.3) is 0 Å². The lowest BCUT2D eigenvalue weighted by Gasteiger charge is -2.17. The van der Waals surface area contributed by atoms with Gasteiger partial charge in [0.1, 0.15) is 0 Å². The summed E-state index contributed by atoms with van der Waals surface area (Å²) >= 11 is 0. The molecule has 1 aliphatic rings. The van der Waals surface area contributed by atoms with Crippen molar-refractivity contribution in [3.63, 3.8) is 0 Å². The highest BCUT2D eigenvalue weighted by Crippen LogP contribution is 2.06. The van der Waals surface area contributed by atoms with Gasteiger partial charge in [0.2, 0.25) is 0 Å². The van der Waals surface area contributed by atoms with E-state index >= 15 is 0 Å². The van der Waals surface area contributed by atoms with Gasteiger partial charge in [-0.05, 0) is 25.3 Å². The van der Waals surface area contributed by atoms with Gasteiger partial charge in [-0.2, -0.15) is 0 Å². The number of hydrogen-bond donors (Lipinski definition) is 2. The first kappa shape index (κ1) is 10.3. The molecule has 4 nitrogen and oxygen atoms in total. The Bertz CT molecular complexity index is 166. The molecule has 0 radical (unpaired) electrons. The predicted octanol–water partition coefficient (Wildman–Crippen LogP) is 0.387. The number of carbonyl (C=O) groups excluding carboxylic acids is 1. The number of likely N-dealkylation sites (tertiary alicyclic amines) is 1. The van der Waals surface area contributed by atoms with Crippen molar-refractivity contribution in [2.24, 2.45) is 11.7 Å². The summed E-state index contributed by atoms with van der Waals surface area (Å²) in [6.45, 7) is 5.15. The molecule has 1 rings (SSSR count). The van der Waals surface area contributed by atoms with E-state index in [0.29, 0.717) is 19.0 Å². The van der Waals surface area contributed by atoms with Crippen LogP contribution in [-0.4, -0.2) is 37.1 Å². The smallest absolute Gasteiger partial charge is 0.317 e. The Labute approximate surface area is 79.5 Å². The van der Waals surface area contributed by atoms with Gasteiger partial charge in [-0.1, -0.05) is 6.92 Å². The van der Waals surface area contributed by atoms with E-state index in [1.165, 1.54) is 0 Å². The van der Waals surface area contributed by atoms with Crippen LogP contribution >= 0.6 is 0 Å². The van der Waals surface area contributed by atoms with Gasteiger partial charge in [-0.15, -0.1) is 0 Å². The minimum Gasteiger partial charge on any atom is -0.338 e. The third-order valence-corrected chi connectivity index (χ3v) is 2.40. The zero-order valence-electron chi connectivity index (χ0n) is 8.25. The highest BCUT2D eigenvalue weighted by molar-refractivity contribution is 5.74. The third kappa shape index (κ3) is 3.22. The Hall–Kier alpha value is -0.770. The van der Waals surface area contributed by atoms with E-state index in [1.807, 2.05) is 11.8 Å². The summed E-state index contributed by atoms with van der Waals surface area (Å²) in [6.07, 6.45) is 2.28. The van der Waals surface area contributed by atoms with Crippen LogP contribution in [0.2, 0.25) is 0 Å². The van der Waals surface area contributed by atoms with Gasteiger partial charge in [-0.3, -0.25) is 0 Å². The number of nitrogens with zero attached hydrogens (tertiary/aromatic N) is 1. The average molecular weight is 185 g/mol. The van der Waals surface area contributed by atoms with Crippen molar-refractivity contribution >= 4 is 6.03 Å². The van der Waals surface area contributed by atoms with Crippen molar-refractivity contribution in [3.8, 4) is 0 Å². The molecule has 0 saturated carbocycles. The van der Waals surface area contributed by atoms with Crippen LogP contribution in [-0.2, 0) is 0 Å². The van der Waals surface area contributed by atoms with Gasteiger partial charge < -0.3 is 16.0 Å². The first-order valence-electron chi connectivity index (χ1n) is 4.97. The summed E-state index contributed by atoms with van der Waals surface area (Å²) in [5.74, 6) is 0.367. The number of nitrogens with one attached hydrogen (secondary N) is 1. The van der Waals surface area contributed by atoms with Crippen LogP contribution in [0.5, 0.6) is 0 Å². The molecule has 0 aromatic rings. The van der Waals surface area contributed by atoms with E-state index in [9.17, 15) is 4.79 Å². The van der Waals surface area contributed by atoms with Gasteiger partial charge >= 0.3 is 6.03 Å². The van der Waals surface area contributed by atoms with Crippen LogP contribution in [0, 0.1) is 5.92 Å². The lowest BCUT2D eigenvalue weighted by atomic mass is 10.2. The van der Waals surface area contributed by atoms with Gasteiger partial charge in [0.15, 0.2) is 0 Å². The summed E-state index contributed by atoms with van der Waals surface area (Å²) in [4.78, 5) is 13.3. The molecule has 1 unspecified atom stereocenters. The standard InChI is InChI=1S/C9H19N3O/c1-8(6-10)7-11-9(13)12-4-2-3-5-12/h8H,2-7,10H2,1H3,(H,11,13). The molecule has 0 spiro atoms. The van der Waals surface area contributed by atoms with Crippen LogP contribution in [0.15, 0.2) is 0 Å². The molecule has 0 aromatic carbocycles. The molecule has 3 N–H and O–H groups in total. The van der Waals surface area contributed by atoms with Crippen LogP contribution in [0.4, 0.5) is 4.79 Å². The molecule has 13 heavy (non-hydrogen) atoms. The van der Waals surface area contributed by atoms with Crippen molar-refractivity contribution < 1.29 is 4.79 Å². The molecule has 0 aromatic heterocycles. The monoisotopic (exact) mass is 185 g/mol. The maximum absolute atomic E-state index is 11.4. The second-order valence-electron chi connectivity index (χ2n) is 3.72. The fraction of sp³-hybridized carbons (Fsp3) is 0.889. The first-order valence-corrected chi connectivity index (χ1v) is 4.97. The van der Waals surface area contributed by atoms with Crippen LogP contribution < -0.4 is 11.1 Å². The molecule has 0 aliphatic carbocycles. The molecule has 4 heteroatoms. The quantitative estimate of drug-likeness (QED) is 0.668. The van der Waals surface area contributed by atoms with Crippen molar-refractivity contribution in [2.75, 3.05) is 26.2 Å². The molecule has 1 fully saturated rings. The molecule has 76 valence electrons. The van der Waals surface area contributed by atoms with E-state index in [-0.39, 0.29) is 6.03 Å². The number of amides is 2. The van der Waals surface area contributed by atoms with Crippen LogP contribution in [0.3, 0.4) is 0 Å². The Balaban J connectivity index is 2.16. The summed E-state index contributed by atoms with van der Waals surface area (Å²) in [5, 5.41) is 2.88. The zero-order valence-corrected chi connectivity index (χ0v) is 8.25. The van der Waals surface area contributed by atoms with E-state index in [2.05, 4.69) is 5.32 Å². The number of rotatable bonds is 3. The maximum Gasteiger partial charge on any atom is 0.317 e. The topological polar surface area (TPSA) is 58.4 Å². The fourth-order valence-electron chi connectivity index (χ4n) is 1.38. The zero-order chi connectivity index (χ0) is 9.68. The minimum absolute atomic E-state index is 0.0674. The van der Waals surface area contributed by atoms with Crippen molar-refractivity contribution in [2.45, 2.75) is 19.8 Å². The Kier molecular flexibility index (Phi) is 4.02.